The molecule has 1 fully saturated rings. The fourth-order valence-corrected chi connectivity index (χ4v) is 7.76. The molecule has 1 aliphatic heterocycles. The molecule has 0 unspecified atom stereocenters. The molecule has 0 atom stereocenters. The van der Waals surface area contributed by atoms with Gasteiger partial charge in [0.05, 0.1) is 28.2 Å². The van der Waals surface area contributed by atoms with Crippen LogP contribution in [0.25, 0.3) is 23.5 Å². The standard InChI is InChI=1S/C48H37ClN6O8/c1-27-22-31(28(2)53(27)41-14-8-5-11-37(41)46(59)60)25-39-44(57)52-48(63)55(45(39)58)40-13-7-4-10-30(40)16-21-36-24-32(29(3)54(36)42-15-9-6-12-38(42)47(61)62)23-33(26-50)43(56)51-35-19-17-34(49)18-20-35/h4-15,17-20,22-25H,16,21H2,1-3H3,(H,51,56)(H,59,60)(H,61,62)(H,52,57,63). The third-order valence-corrected chi connectivity index (χ3v) is 10.9. The molecule has 4 aromatic carbocycles. The number of para-hydroxylation sites is 3. The van der Waals surface area contributed by atoms with Gasteiger partial charge >= 0.3 is 18.0 Å². The van der Waals surface area contributed by atoms with Gasteiger partial charge in [-0.15, -0.1) is 0 Å². The van der Waals surface area contributed by atoms with Crippen LogP contribution in [0.15, 0.2) is 120 Å². The molecule has 3 heterocycles. The van der Waals surface area contributed by atoms with Crippen LogP contribution < -0.4 is 15.5 Å². The number of barbiturate groups is 1. The highest BCUT2D eigenvalue weighted by atomic mass is 35.5. The second-order valence-corrected chi connectivity index (χ2v) is 15.0. The Morgan fingerprint density at radius 3 is 1.94 bits per heavy atom. The molecule has 1 aliphatic rings. The molecule has 5 amide bonds. The quantitative estimate of drug-likeness (QED) is 0.0531. The normalized spacial score (nSPS) is 13.5. The van der Waals surface area contributed by atoms with Crippen molar-refractivity contribution in [2.24, 2.45) is 0 Å². The van der Waals surface area contributed by atoms with Gasteiger partial charge in [-0.1, -0.05) is 54.1 Å². The van der Waals surface area contributed by atoms with Crippen molar-refractivity contribution in [2.45, 2.75) is 33.6 Å². The predicted molar refractivity (Wildman–Crippen MR) is 236 cm³/mol. The molecule has 0 saturated carbocycles. The SMILES string of the molecule is Cc1cc(C=C2C(=O)NC(=O)N(c3ccccc3CCc3cc(C=C(C#N)C(=O)Nc4ccc(Cl)cc4)c(C)n3-c3ccccc3C(=O)O)C2=O)c(C)n1-c1ccccc1C(=O)O. The van der Waals surface area contributed by atoms with E-state index in [1.807, 2.05) is 6.07 Å². The maximum Gasteiger partial charge on any atom is 0.337 e. The molecule has 0 spiro atoms. The third kappa shape index (κ3) is 8.54. The second kappa shape index (κ2) is 17.7. The van der Waals surface area contributed by atoms with Crippen molar-refractivity contribution < 1.29 is 39.0 Å². The molecule has 7 rings (SSSR count). The lowest BCUT2D eigenvalue weighted by Crippen LogP contribution is -2.54. The number of hydrogen-bond acceptors (Lipinski definition) is 7. The Bertz CT molecular complexity index is 3010. The number of carbonyl (C=O) groups excluding carboxylic acids is 4. The van der Waals surface area contributed by atoms with Crippen LogP contribution in [0.4, 0.5) is 16.2 Å². The van der Waals surface area contributed by atoms with Crippen LogP contribution in [0.2, 0.25) is 5.02 Å². The number of carbonyl (C=O) groups is 6. The first-order valence-corrected chi connectivity index (χ1v) is 19.8. The van der Waals surface area contributed by atoms with E-state index in [0.717, 1.165) is 4.90 Å². The summed E-state index contributed by atoms with van der Waals surface area (Å²) in [6.45, 7) is 5.23. The van der Waals surface area contributed by atoms with Crippen LogP contribution in [0.5, 0.6) is 0 Å². The summed E-state index contributed by atoms with van der Waals surface area (Å²) in [7, 11) is 0. The number of imide groups is 2. The van der Waals surface area contributed by atoms with E-state index in [9.17, 15) is 44.2 Å². The van der Waals surface area contributed by atoms with Crippen LogP contribution in [-0.2, 0) is 27.2 Å². The fraction of sp³-hybridized carbons (Fsp3) is 0.104. The molecule has 1 saturated heterocycles. The molecular formula is C48H37ClN6O8. The van der Waals surface area contributed by atoms with Crippen LogP contribution in [0.1, 0.15) is 60.2 Å². The average Bonchev–Trinajstić information content (AvgIpc) is 3.73. The Morgan fingerprint density at radius 2 is 1.32 bits per heavy atom. The van der Waals surface area contributed by atoms with E-state index in [4.69, 9.17) is 11.6 Å². The number of benzene rings is 4. The monoisotopic (exact) mass is 860 g/mol. The molecular weight excluding hydrogens is 824 g/mol. The van der Waals surface area contributed by atoms with E-state index in [-0.39, 0.29) is 40.8 Å². The van der Waals surface area contributed by atoms with Gasteiger partial charge in [-0.25, -0.2) is 19.3 Å². The number of amides is 5. The Balaban J connectivity index is 1.24. The molecule has 0 aliphatic carbocycles. The lowest BCUT2D eigenvalue weighted by atomic mass is 10.0. The fourth-order valence-electron chi connectivity index (χ4n) is 7.63. The lowest BCUT2D eigenvalue weighted by molar-refractivity contribution is -0.122. The smallest absolute Gasteiger partial charge is 0.337 e. The average molecular weight is 861 g/mol. The number of nitrogens with zero attached hydrogens (tertiary/aromatic N) is 4. The minimum Gasteiger partial charge on any atom is -0.478 e. The third-order valence-electron chi connectivity index (χ3n) is 10.6. The summed E-state index contributed by atoms with van der Waals surface area (Å²) in [5.41, 5.74) is 4.65. The molecule has 63 heavy (non-hydrogen) atoms. The number of aromatic carboxylic acids is 2. The molecule has 6 aromatic rings. The van der Waals surface area contributed by atoms with Gasteiger partial charge < -0.3 is 24.7 Å². The summed E-state index contributed by atoms with van der Waals surface area (Å²) in [5.74, 6) is -4.75. The van der Waals surface area contributed by atoms with Crippen molar-refractivity contribution in [3.8, 4) is 17.4 Å². The van der Waals surface area contributed by atoms with Gasteiger partial charge in [0.25, 0.3) is 17.7 Å². The Hall–Kier alpha value is -8.28. The number of rotatable bonds is 12. The first-order chi connectivity index (χ1) is 30.2. The van der Waals surface area contributed by atoms with Crippen molar-refractivity contribution in [1.29, 1.82) is 5.26 Å². The molecule has 0 bridgehead atoms. The van der Waals surface area contributed by atoms with Gasteiger partial charge in [0.15, 0.2) is 0 Å². The molecule has 314 valence electrons. The van der Waals surface area contributed by atoms with Crippen LogP contribution in [-0.4, -0.2) is 55.0 Å². The number of nitriles is 1. The topological polar surface area (TPSA) is 204 Å². The number of urea groups is 1. The van der Waals surface area contributed by atoms with Crippen LogP contribution >= 0.6 is 11.6 Å². The van der Waals surface area contributed by atoms with E-state index < -0.39 is 35.7 Å². The number of hydrogen-bond donors (Lipinski definition) is 4. The van der Waals surface area contributed by atoms with Gasteiger partial charge in [-0.3, -0.25) is 19.7 Å². The molecule has 2 aromatic heterocycles. The van der Waals surface area contributed by atoms with Crippen molar-refractivity contribution in [2.75, 3.05) is 10.2 Å². The highest BCUT2D eigenvalue weighted by molar-refractivity contribution is 6.39. The Kier molecular flexibility index (Phi) is 12.1. The number of halogens is 1. The summed E-state index contributed by atoms with van der Waals surface area (Å²) >= 11 is 5.98. The highest BCUT2D eigenvalue weighted by Crippen LogP contribution is 2.32. The first-order valence-electron chi connectivity index (χ1n) is 19.4. The molecule has 4 N–H and O–H groups in total. The second-order valence-electron chi connectivity index (χ2n) is 14.5. The van der Waals surface area contributed by atoms with Gasteiger partial charge in [0.1, 0.15) is 17.2 Å². The number of aromatic nitrogens is 2. The Labute approximate surface area is 365 Å². The predicted octanol–water partition coefficient (Wildman–Crippen LogP) is 8.24. The zero-order valence-electron chi connectivity index (χ0n) is 34.0. The number of aryl methyl sites for hydroxylation is 3. The maximum atomic E-state index is 14.3. The van der Waals surface area contributed by atoms with Crippen molar-refractivity contribution in [1.82, 2.24) is 14.5 Å². The zero-order valence-corrected chi connectivity index (χ0v) is 34.7. The summed E-state index contributed by atoms with van der Waals surface area (Å²) in [5, 5.41) is 35.5. The zero-order chi connectivity index (χ0) is 45.1. The van der Waals surface area contributed by atoms with Crippen molar-refractivity contribution in [3.05, 3.63) is 176 Å². The van der Waals surface area contributed by atoms with Crippen LogP contribution in [0, 0.1) is 32.1 Å². The van der Waals surface area contributed by atoms with E-state index in [1.165, 1.54) is 24.3 Å². The first kappa shape index (κ1) is 42.8. The number of nitrogens with one attached hydrogen (secondary N) is 2. The summed E-state index contributed by atoms with van der Waals surface area (Å²) in [4.78, 5) is 79.7. The number of carboxylic acids is 2. The van der Waals surface area contributed by atoms with Crippen molar-refractivity contribution in [3.63, 3.8) is 0 Å². The van der Waals surface area contributed by atoms with Crippen molar-refractivity contribution >= 4 is 70.8 Å². The number of carboxylic acid groups (broad SMARTS) is 2. The van der Waals surface area contributed by atoms with Gasteiger partial charge in [0, 0.05) is 33.5 Å². The number of anilines is 2. The van der Waals surface area contributed by atoms with E-state index in [0.29, 0.717) is 61.6 Å². The lowest BCUT2D eigenvalue weighted by Gasteiger charge is -2.28. The van der Waals surface area contributed by atoms with E-state index in [1.54, 1.807) is 127 Å². The molecule has 14 nitrogen and oxygen atoms in total. The molecule has 0 radical (unpaired) electrons. The largest absolute Gasteiger partial charge is 0.478 e. The summed E-state index contributed by atoms with van der Waals surface area (Å²) in [6, 6.07) is 30.4. The minimum atomic E-state index is -1.17. The summed E-state index contributed by atoms with van der Waals surface area (Å²) in [6.07, 6.45) is 3.21. The Morgan fingerprint density at radius 1 is 0.746 bits per heavy atom. The highest BCUT2D eigenvalue weighted by Gasteiger charge is 2.38. The van der Waals surface area contributed by atoms with Gasteiger partial charge in [-0.05, 0) is 129 Å². The van der Waals surface area contributed by atoms with Gasteiger partial charge in [-0.2, -0.15) is 5.26 Å². The summed E-state index contributed by atoms with van der Waals surface area (Å²) < 4.78 is 3.44. The minimum absolute atomic E-state index is 0.000745. The van der Waals surface area contributed by atoms with E-state index in [2.05, 4.69) is 10.6 Å². The maximum absolute atomic E-state index is 14.3. The van der Waals surface area contributed by atoms with Crippen LogP contribution in [0.3, 0.4) is 0 Å². The van der Waals surface area contributed by atoms with E-state index >= 15 is 0 Å². The molecule has 15 heteroatoms. The van der Waals surface area contributed by atoms with Gasteiger partial charge in [0.2, 0.25) is 0 Å².